The number of benzene rings is 1. The van der Waals surface area contributed by atoms with E-state index in [1.54, 1.807) is 20.8 Å². The highest BCUT2D eigenvalue weighted by Crippen LogP contribution is 2.26. The highest BCUT2D eigenvalue weighted by molar-refractivity contribution is 5.92. The molecule has 1 aliphatic carbocycles. The predicted octanol–water partition coefficient (Wildman–Crippen LogP) is 3.96. The van der Waals surface area contributed by atoms with Crippen molar-refractivity contribution >= 4 is 23.8 Å². The second kappa shape index (κ2) is 14.6. The van der Waals surface area contributed by atoms with Crippen LogP contribution in [0.5, 0.6) is 0 Å². The summed E-state index contributed by atoms with van der Waals surface area (Å²) >= 11 is 0. The summed E-state index contributed by atoms with van der Waals surface area (Å²) in [5.74, 6) is -1.28. The zero-order chi connectivity index (χ0) is 27.4. The maximum Gasteiger partial charge on any atom is 0.408 e. The molecule has 1 aromatic rings. The summed E-state index contributed by atoms with van der Waals surface area (Å²) in [4.78, 5) is 53.4. The average Bonchev–Trinajstić information content (AvgIpc) is 2.83. The Labute approximate surface area is 220 Å². The molecule has 2 unspecified atom stereocenters. The molecule has 2 rings (SSSR count). The quantitative estimate of drug-likeness (QED) is 0.387. The number of carbonyl (C=O) groups is 4. The monoisotopic (exact) mass is 516 g/mol. The van der Waals surface area contributed by atoms with Crippen molar-refractivity contribution in [1.29, 1.82) is 0 Å². The summed E-state index contributed by atoms with van der Waals surface area (Å²) < 4.78 is 5.36. The van der Waals surface area contributed by atoms with Gasteiger partial charge in [0.25, 0.3) is 0 Å². The predicted molar refractivity (Wildman–Crippen MR) is 142 cm³/mol. The van der Waals surface area contributed by atoms with Crippen LogP contribution in [0.4, 0.5) is 4.79 Å². The van der Waals surface area contributed by atoms with Crippen LogP contribution in [0.25, 0.3) is 0 Å². The van der Waals surface area contributed by atoms with E-state index < -0.39 is 35.6 Å². The lowest BCUT2D eigenvalue weighted by atomic mass is 9.94. The fraction of sp³-hybridized carbons (Fsp3) is 0.643. The van der Waals surface area contributed by atoms with Crippen LogP contribution >= 0.6 is 0 Å². The van der Waals surface area contributed by atoms with Gasteiger partial charge in [0.15, 0.2) is 0 Å². The Morgan fingerprint density at radius 3 is 2.30 bits per heavy atom. The van der Waals surface area contributed by atoms with Crippen molar-refractivity contribution in [1.82, 2.24) is 15.5 Å². The molecule has 9 heteroatoms. The summed E-state index contributed by atoms with van der Waals surface area (Å²) in [6.45, 7) is 7.49. The van der Waals surface area contributed by atoms with Crippen LogP contribution in [0.1, 0.15) is 97.1 Å². The summed E-state index contributed by atoms with van der Waals surface area (Å²) in [6, 6.07) is 7.31. The first kappa shape index (κ1) is 30.1. The third-order valence-corrected chi connectivity index (χ3v) is 6.33. The molecule has 0 aliphatic heterocycles. The normalized spacial score (nSPS) is 15.8. The molecule has 206 valence electrons. The van der Waals surface area contributed by atoms with E-state index in [0.717, 1.165) is 38.5 Å². The number of primary amides is 1. The fourth-order valence-corrected chi connectivity index (χ4v) is 4.52. The lowest BCUT2D eigenvalue weighted by molar-refractivity contribution is -0.143. The van der Waals surface area contributed by atoms with Crippen molar-refractivity contribution < 1.29 is 23.9 Å². The Kier molecular flexibility index (Phi) is 11.9. The molecule has 0 spiro atoms. The van der Waals surface area contributed by atoms with Gasteiger partial charge < -0.3 is 26.0 Å². The van der Waals surface area contributed by atoms with E-state index in [1.165, 1.54) is 4.90 Å². The lowest BCUT2D eigenvalue weighted by Gasteiger charge is -2.35. The van der Waals surface area contributed by atoms with Gasteiger partial charge in [-0.05, 0) is 52.0 Å². The van der Waals surface area contributed by atoms with Gasteiger partial charge in [0.1, 0.15) is 17.7 Å². The van der Waals surface area contributed by atoms with Gasteiger partial charge in [-0.15, -0.1) is 0 Å². The number of nitrogens with one attached hydrogen (secondary N) is 2. The maximum absolute atomic E-state index is 14.0. The molecule has 1 aromatic carbocycles. The second-order valence-corrected chi connectivity index (χ2v) is 10.7. The van der Waals surface area contributed by atoms with Crippen LogP contribution in [-0.4, -0.2) is 52.9 Å². The number of nitrogens with zero attached hydrogens (tertiary/aromatic N) is 1. The molecule has 9 nitrogen and oxygen atoms in total. The topological polar surface area (TPSA) is 131 Å². The largest absolute Gasteiger partial charge is 0.444 e. The molecule has 4 amide bonds. The van der Waals surface area contributed by atoms with Gasteiger partial charge in [-0.25, -0.2) is 4.79 Å². The number of unbranched alkanes of at least 4 members (excludes halogenated alkanes) is 1. The maximum atomic E-state index is 14.0. The van der Waals surface area contributed by atoms with Gasteiger partial charge in [0, 0.05) is 19.0 Å². The van der Waals surface area contributed by atoms with E-state index in [1.807, 2.05) is 37.3 Å². The average molecular weight is 517 g/mol. The number of ether oxygens (including phenoxy) is 1. The number of hydrogen-bond donors (Lipinski definition) is 3. The van der Waals surface area contributed by atoms with Gasteiger partial charge in [0.2, 0.25) is 17.7 Å². The summed E-state index contributed by atoms with van der Waals surface area (Å²) in [7, 11) is 0. The van der Waals surface area contributed by atoms with E-state index in [4.69, 9.17) is 10.5 Å². The molecule has 0 saturated heterocycles. The highest BCUT2D eigenvalue weighted by Gasteiger charge is 2.36. The Bertz CT molecular complexity index is 894. The van der Waals surface area contributed by atoms with Crippen molar-refractivity contribution in [2.24, 2.45) is 5.73 Å². The Morgan fingerprint density at radius 1 is 1.08 bits per heavy atom. The van der Waals surface area contributed by atoms with E-state index in [2.05, 4.69) is 10.6 Å². The van der Waals surface area contributed by atoms with Crippen molar-refractivity contribution in [3.05, 3.63) is 35.9 Å². The molecule has 0 aromatic heterocycles. The van der Waals surface area contributed by atoms with Gasteiger partial charge in [0.05, 0.1) is 0 Å². The van der Waals surface area contributed by atoms with Gasteiger partial charge >= 0.3 is 6.09 Å². The smallest absolute Gasteiger partial charge is 0.408 e. The third kappa shape index (κ3) is 10.4. The Balaban J connectivity index is 2.40. The Morgan fingerprint density at radius 2 is 1.73 bits per heavy atom. The number of rotatable bonds is 12. The van der Waals surface area contributed by atoms with Gasteiger partial charge in [-0.3, -0.25) is 14.4 Å². The Hall–Kier alpha value is -3.10. The van der Waals surface area contributed by atoms with E-state index in [-0.39, 0.29) is 24.8 Å². The van der Waals surface area contributed by atoms with Crippen molar-refractivity contribution in [2.75, 3.05) is 6.54 Å². The van der Waals surface area contributed by atoms with E-state index >= 15 is 0 Å². The van der Waals surface area contributed by atoms with Crippen LogP contribution in [0, 0.1) is 0 Å². The molecular formula is C28H44N4O5. The molecule has 0 radical (unpaired) electrons. The molecule has 0 bridgehead atoms. The summed E-state index contributed by atoms with van der Waals surface area (Å²) in [5.41, 5.74) is 5.28. The minimum absolute atomic E-state index is 0.00177. The first-order chi connectivity index (χ1) is 17.5. The third-order valence-electron chi connectivity index (χ3n) is 6.33. The first-order valence-electron chi connectivity index (χ1n) is 13.5. The van der Waals surface area contributed by atoms with Crippen LogP contribution in [-0.2, 0) is 19.1 Å². The first-order valence-corrected chi connectivity index (χ1v) is 13.5. The van der Waals surface area contributed by atoms with Crippen LogP contribution in [0.3, 0.4) is 0 Å². The van der Waals surface area contributed by atoms with Crippen molar-refractivity contribution in [3.8, 4) is 0 Å². The molecule has 0 heterocycles. The number of carbonyl (C=O) groups excluding carboxylic acids is 4. The molecule has 1 aliphatic rings. The molecule has 4 N–H and O–H groups in total. The minimum atomic E-state index is -1.08. The molecular weight excluding hydrogens is 472 g/mol. The molecule has 2 atom stereocenters. The summed E-state index contributed by atoms with van der Waals surface area (Å²) in [5, 5.41) is 5.79. The number of alkyl carbamates (subject to hydrolysis) is 1. The van der Waals surface area contributed by atoms with Gasteiger partial charge in [-0.1, -0.05) is 62.9 Å². The SMILES string of the molecule is CCCCN(C(=O)C(CCC(N)=O)NC(=O)OC(C)(C)C)C(C(=O)NC1CCCCC1)c1ccccc1. The second-order valence-electron chi connectivity index (χ2n) is 10.7. The van der Waals surface area contributed by atoms with Crippen LogP contribution < -0.4 is 16.4 Å². The lowest BCUT2D eigenvalue weighted by Crippen LogP contribution is -2.54. The zero-order valence-corrected chi connectivity index (χ0v) is 22.8. The fourth-order valence-electron chi connectivity index (χ4n) is 4.52. The number of amides is 4. The standard InChI is InChI=1S/C28H44N4O5/c1-5-6-19-32(26(35)22(17-18-23(29)33)31-27(36)37-28(2,3)4)24(20-13-9-7-10-14-20)25(34)30-21-15-11-8-12-16-21/h7,9-10,13-14,21-22,24H,5-6,8,11-12,15-19H2,1-4H3,(H2,29,33)(H,30,34)(H,31,36). The van der Waals surface area contributed by atoms with E-state index in [0.29, 0.717) is 18.5 Å². The summed E-state index contributed by atoms with van der Waals surface area (Å²) in [6.07, 6.45) is 5.72. The van der Waals surface area contributed by atoms with Crippen LogP contribution in [0.2, 0.25) is 0 Å². The highest BCUT2D eigenvalue weighted by atomic mass is 16.6. The molecule has 1 fully saturated rings. The molecule has 1 saturated carbocycles. The number of hydrogen-bond acceptors (Lipinski definition) is 5. The number of nitrogens with two attached hydrogens (primary N) is 1. The zero-order valence-electron chi connectivity index (χ0n) is 22.8. The van der Waals surface area contributed by atoms with Crippen LogP contribution in [0.15, 0.2) is 30.3 Å². The minimum Gasteiger partial charge on any atom is -0.444 e. The van der Waals surface area contributed by atoms with Crippen molar-refractivity contribution in [2.45, 2.75) is 109 Å². The van der Waals surface area contributed by atoms with E-state index in [9.17, 15) is 19.2 Å². The molecule has 37 heavy (non-hydrogen) atoms. The van der Waals surface area contributed by atoms with Gasteiger partial charge in [-0.2, -0.15) is 0 Å². The van der Waals surface area contributed by atoms with Crippen molar-refractivity contribution in [3.63, 3.8) is 0 Å².